The molecule has 6 rings (SSSR count). The molecule has 52 heavy (non-hydrogen) atoms. The van der Waals surface area contributed by atoms with Crippen LogP contribution < -0.4 is 20.9 Å². The number of carbonyl (C=O) groups excluding carboxylic acids is 2. The second-order valence-electron chi connectivity index (χ2n) is 13.9. The molecule has 2 amide bonds. The number of para-hydroxylation sites is 3. The second kappa shape index (κ2) is 14.7. The zero-order valence-electron chi connectivity index (χ0n) is 31.2. The molecule has 0 atom stereocenters. The minimum Gasteiger partial charge on any atom is -0.363 e. The summed E-state index contributed by atoms with van der Waals surface area (Å²) in [5.41, 5.74) is 5.95. The van der Waals surface area contributed by atoms with E-state index in [4.69, 9.17) is 9.97 Å². The Balaban J connectivity index is 1.32. The van der Waals surface area contributed by atoms with Crippen LogP contribution in [-0.4, -0.2) is 69.6 Å². The molecule has 4 heterocycles. The lowest BCUT2D eigenvalue weighted by atomic mass is 10.1. The van der Waals surface area contributed by atoms with Gasteiger partial charge >= 0.3 is 0 Å². The van der Waals surface area contributed by atoms with Crippen molar-refractivity contribution in [1.29, 1.82) is 0 Å². The lowest BCUT2D eigenvalue weighted by Gasteiger charge is -2.24. The van der Waals surface area contributed by atoms with Crippen LogP contribution in [0.4, 0.5) is 23.4 Å². The van der Waals surface area contributed by atoms with Crippen LogP contribution in [0.1, 0.15) is 56.5 Å². The van der Waals surface area contributed by atoms with Crippen molar-refractivity contribution in [3.63, 3.8) is 0 Å². The fraction of sp³-hybridized carbons (Fsp3) is 0.368. The largest absolute Gasteiger partial charge is 0.363 e. The standard InChI is InChI=1S/C38H48N12O2/c1-9-49-31(22-25(3)44-49)35(52)42-37-41-34-29(46(8)24-33(51)43-38(5,6)7)18-15-19-30(34)48(37)21-14-13-20-47-28-17-12-11-16-27(28)39-36(47)40-32-23-26(4)45-50(32)10-2/h11-19,22-23H,9-10,20-21,24H2,1-8H3,(H,39,40)(H,43,51)(H,41,42,52)/b14-13+. The summed E-state index contributed by atoms with van der Waals surface area (Å²) in [6.45, 7) is 16.1. The van der Waals surface area contributed by atoms with Gasteiger partial charge in [0.05, 0.1) is 40.2 Å². The van der Waals surface area contributed by atoms with Gasteiger partial charge < -0.3 is 24.7 Å². The van der Waals surface area contributed by atoms with Gasteiger partial charge in [-0.2, -0.15) is 10.2 Å². The highest BCUT2D eigenvalue weighted by molar-refractivity contribution is 6.04. The summed E-state index contributed by atoms with van der Waals surface area (Å²) in [5.74, 6) is 1.59. The van der Waals surface area contributed by atoms with Gasteiger partial charge in [0.15, 0.2) is 0 Å². The molecule has 0 aliphatic carbocycles. The molecule has 6 aromatic rings. The molecule has 0 radical (unpaired) electrons. The third-order valence-electron chi connectivity index (χ3n) is 8.56. The Morgan fingerprint density at radius 1 is 0.827 bits per heavy atom. The van der Waals surface area contributed by atoms with E-state index in [2.05, 4.69) is 55.9 Å². The van der Waals surface area contributed by atoms with E-state index in [9.17, 15) is 9.59 Å². The normalized spacial score (nSPS) is 11.9. The van der Waals surface area contributed by atoms with Crippen molar-refractivity contribution in [1.82, 2.24) is 44.0 Å². The van der Waals surface area contributed by atoms with E-state index < -0.39 is 0 Å². The van der Waals surface area contributed by atoms with Crippen LogP contribution in [0.3, 0.4) is 0 Å². The van der Waals surface area contributed by atoms with Gasteiger partial charge in [-0.05, 0) is 78.8 Å². The molecule has 14 heteroatoms. The Morgan fingerprint density at radius 2 is 1.48 bits per heavy atom. The van der Waals surface area contributed by atoms with Crippen LogP contribution >= 0.6 is 0 Å². The summed E-state index contributed by atoms with van der Waals surface area (Å²) in [4.78, 5) is 38.2. The predicted octanol–water partition coefficient (Wildman–Crippen LogP) is 6.04. The van der Waals surface area contributed by atoms with Crippen molar-refractivity contribution in [3.05, 3.63) is 83.8 Å². The molecule has 3 N–H and O–H groups in total. The van der Waals surface area contributed by atoms with Crippen molar-refractivity contribution in [2.75, 3.05) is 29.1 Å². The zero-order chi connectivity index (χ0) is 37.2. The molecular formula is C38H48N12O2. The number of rotatable bonds is 13. The maximum absolute atomic E-state index is 13.6. The highest BCUT2D eigenvalue weighted by Gasteiger charge is 2.22. The van der Waals surface area contributed by atoms with Crippen LogP contribution in [0, 0.1) is 13.8 Å². The SMILES string of the molecule is CCn1nc(C)cc1Nc1nc2ccccc2n1C/C=C/Cn1c(NC(=O)c2cc(C)nn2CC)nc2c(N(C)CC(=O)NC(C)(C)C)cccc21. The highest BCUT2D eigenvalue weighted by Crippen LogP contribution is 2.29. The summed E-state index contributed by atoms with van der Waals surface area (Å²) in [5, 5.41) is 18.6. The number of fused-ring (bicyclic) bond motifs is 2. The molecule has 0 fully saturated rings. The number of allylic oxidation sites excluding steroid dienone is 2. The Bertz CT molecular complexity index is 2260. The van der Waals surface area contributed by atoms with E-state index in [-0.39, 0.29) is 23.9 Å². The van der Waals surface area contributed by atoms with Crippen LogP contribution in [0.2, 0.25) is 0 Å². The molecule has 0 bridgehead atoms. The molecule has 272 valence electrons. The van der Waals surface area contributed by atoms with Crippen molar-refractivity contribution in [2.45, 2.75) is 80.2 Å². The number of hydrogen-bond donors (Lipinski definition) is 3. The minimum absolute atomic E-state index is 0.0961. The average molecular weight is 705 g/mol. The van der Waals surface area contributed by atoms with Crippen molar-refractivity contribution in [2.24, 2.45) is 0 Å². The monoisotopic (exact) mass is 704 g/mol. The van der Waals surface area contributed by atoms with Crippen LogP contribution in [0.5, 0.6) is 0 Å². The maximum Gasteiger partial charge on any atom is 0.276 e. The molecule has 0 aliphatic heterocycles. The quantitative estimate of drug-likeness (QED) is 0.124. The summed E-state index contributed by atoms with van der Waals surface area (Å²) >= 11 is 0. The number of likely N-dealkylation sites (N-methyl/N-ethyl adjacent to an activating group) is 1. The Kier molecular flexibility index (Phi) is 10.2. The third-order valence-corrected chi connectivity index (χ3v) is 8.56. The summed E-state index contributed by atoms with van der Waals surface area (Å²) in [6, 6.07) is 17.7. The number of anilines is 4. The zero-order valence-corrected chi connectivity index (χ0v) is 31.2. The van der Waals surface area contributed by atoms with Gasteiger partial charge in [0, 0.05) is 44.8 Å². The lowest BCUT2D eigenvalue weighted by Crippen LogP contribution is -2.45. The number of aryl methyl sites for hydroxylation is 4. The maximum atomic E-state index is 13.6. The third kappa shape index (κ3) is 7.70. The average Bonchev–Trinajstić information content (AvgIpc) is 3.84. The topological polar surface area (TPSA) is 145 Å². The molecule has 0 saturated heterocycles. The van der Waals surface area contributed by atoms with Gasteiger partial charge in [0.25, 0.3) is 5.91 Å². The smallest absolute Gasteiger partial charge is 0.276 e. The van der Waals surface area contributed by atoms with Crippen molar-refractivity contribution >= 4 is 57.3 Å². The first-order chi connectivity index (χ1) is 24.8. The number of hydrogen-bond acceptors (Lipinski definition) is 8. The first-order valence-corrected chi connectivity index (χ1v) is 17.6. The first kappa shape index (κ1) is 35.9. The Hall–Kier alpha value is -5.92. The fourth-order valence-electron chi connectivity index (χ4n) is 6.33. The van der Waals surface area contributed by atoms with Crippen LogP contribution in [-0.2, 0) is 31.0 Å². The summed E-state index contributed by atoms with van der Waals surface area (Å²) in [7, 11) is 1.87. The van der Waals surface area contributed by atoms with Gasteiger partial charge in [-0.3, -0.25) is 19.6 Å². The van der Waals surface area contributed by atoms with Crippen LogP contribution in [0.15, 0.2) is 66.7 Å². The Labute approximate surface area is 303 Å². The van der Waals surface area contributed by atoms with Gasteiger partial charge in [0.1, 0.15) is 17.0 Å². The molecule has 14 nitrogen and oxygen atoms in total. The van der Waals surface area contributed by atoms with Crippen LogP contribution in [0.25, 0.3) is 22.1 Å². The van der Waals surface area contributed by atoms with Crippen molar-refractivity contribution in [3.8, 4) is 0 Å². The number of amides is 2. The molecule has 2 aromatic carbocycles. The number of benzene rings is 2. The number of carbonyl (C=O) groups is 2. The molecule has 0 saturated carbocycles. The van der Waals surface area contributed by atoms with Crippen molar-refractivity contribution < 1.29 is 9.59 Å². The molecule has 0 spiro atoms. The predicted molar refractivity (Wildman–Crippen MR) is 206 cm³/mol. The van der Waals surface area contributed by atoms with Gasteiger partial charge in [-0.25, -0.2) is 14.6 Å². The highest BCUT2D eigenvalue weighted by atomic mass is 16.2. The van der Waals surface area contributed by atoms with E-state index in [0.29, 0.717) is 42.7 Å². The van der Waals surface area contributed by atoms with E-state index in [1.54, 1.807) is 10.7 Å². The second-order valence-corrected chi connectivity index (χ2v) is 13.9. The number of imidazole rings is 2. The van der Waals surface area contributed by atoms with Gasteiger partial charge in [-0.1, -0.05) is 30.4 Å². The molecule has 4 aromatic heterocycles. The van der Waals surface area contributed by atoms with E-state index in [0.717, 1.165) is 46.0 Å². The summed E-state index contributed by atoms with van der Waals surface area (Å²) < 4.78 is 7.71. The van der Waals surface area contributed by atoms with E-state index in [1.165, 1.54) is 0 Å². The van der Waals surface area contributed by atoms with E-state index in [1.807, 2.05) is 105 Å². The number of aromatic nitrogens is 8. The lowest BCUT2D eigenvalue weighted by molar-refractivity contribution is -0.121. The fourth-order valence-corrected chi connectivity index (χ4v) is 6.33. The van der Waals surface area contributed by atoms with E-state index >= 15 is 0 Å². The van der Waals surface area contributed by atoms with Gasteiger partial charge in [0.2, 0.25) is 17.8 Å². The molecule has 0 unspecified atom stereocenters. The minimum atomic E-state index is -0.352. The molecule has 0 aliphatic rings. The number of nitrogens with one attached hydrogen (secondary N) is 3. The first-order valence-electron chi connectivity index (χ1n) is 17.6. The number of nitrogens with zero attached hydrogens (tertiary/aromatic N) is 9. The summed E-state index contributed by atoms with van der Waals surface area (Å²) in [6.07, 6.45) is 4.14. The Morgan fingerprint density at radius 3 is 2.19 bits per heavy atom. The molecular weight excluding hydrogens is 656 g/mol. The van der Waals surface area contributed by atoms with Gasteiger partial charge in [-0.15, -0.1) is 0 Å².